The van der Waals surface area contributed by atoms with Gasteiger partial charge in [0.1, 0.15) is 12.7 Å². The Morgan fingerprint density at radius 1 is 1.14 bits per heavy atom. The van der Waals surface area contributed by atoms with E-state index in [2.05, 4.69) is 39.7 Å². The molecule has 28 heavy (non-hydrogen) atoms. The molecule has 0 unspecified atom stereocenters. The lowest BCUT2D eigenvalue weighted by atomic mass is 9.91. The molecule has 2 heterocycles. The molecule has 4 rings (SSSR count). The zero-order chi connectivity index (χ0) is 19.3. The minimum atomic E-state index is -0.0518. The van der Waals surface area contributed by atoms with Crippen LogP contribution in [-0.4, -0.2) is 32.8 Å². The first-order chi connectivity index (χ1) is 13.7. The summed E-state index contributed by atoms with van der Waals surface area (Å²) in [6.07, 6.45) is 5.64. The summed E-state index contributed by atoms with van der Waals surface area (Å²) in [4.78, 5) is 15.6. The van der Waals surface area contributed by atoms with E-state index in [1.54, 1.807) is 17.9 Å². The van der Waals surface area contributed by atoms with E-state index in [0.717, 1.165) is 30.5 Å². The highest BCUT2D eigenvalue weighted by Crippen LogP contribution is 2.33. The standard InChI is InChI=1S/C22H24N4O2/c1-16(27)25-19-12-21(11-17-5-3-2-4-6-17)28-22(13-19)18-7-9-20(10-8-18)26-15-23-14-24-26/h2-10,14-15,19,21-22H,11-13H2,1H3,(H,25,27)/t19-,21+,22+/m0/s1. The van der Waals surface area contributed by atoms with Crippen LogP contribution < -0.4 is 5.32 Å². The van der Waals surface area contributed by atoms with Crippen molar-refractivity contribution >= 4 is 5.91 Å². The van der Waals surface area contributed by atoms with E-state index in [0.29, 0.717) is 0 Å². The molecule has 6 nitrogen and oxygen atoms in total. The zero-order valence-electron chi connectivity index (χ0n) is 15.9. The molecule has 1 amide bonds. The van der Waals surface area contributed by atoms with Gasteiger partial charge < -0.3 is 10.1 Å². The van der Waals surface area contributed by atoms with E-state index < -0.39 is 0 Å². The SMILES string of the molecule is CC(=O)N[C@H]1C[C@@H](Cc2ccccc2)O[C@@H](c2ccc(-n3cncn3)cc2)C1. The summed E-state index contributed by atoms with van der Waals surface area (Å²) in [6.45, 7) is 1.57. The molecule has 0 radical (unpaired) electrons. The number of ether oxygens (including phenoxy) is 1. The third-order valence-corrected chi connectivity index (χ3v) is 5.06. The Hall–Kier alpha value is -2.99. The molecule has 2 aromatic carbocycles. The summed E-state index contributed by atoms with van der Waals surface area (Å²) in [5.74, 6) is 0.00522. The summed E-state index contributed by atoms with van der Waals surface area (Å²) in [6, 6.07) is 18.6. The predicted octanol–water partition coefficient (Wildman–Crippen LogP) is 3.23. The predicted molar refractivity (Wildman–Crippen MR) is 106 cm³/mol. The Kier molecular flexibility index (Phi) is 5.48. The van der Waals surface area contributed by atoms with Gasteiger partial charge in [-0.2, -0.15) is 5.10 Å². The highest BCUT2D eigenvalue weighted by atomic mass is 16.5. The van der Waals surface area contributed by atoms with Gasteiger partial charge in [0.2, 0.25) is 5.91 Å². The summed E-state index contributed by atoms with van der Waals surface area (Å²) >= 11 is 0. The topological polar surface area (TPSA) is 69.0 Å². The highest BCUT2D eigenvalue weighted by Gasteiger charge is 2.31. The number of carbonyl (C=O) groups excluding carboxylic acids is 1. The smallest absolute Gasteiger partial charge is 0.217 e. The highest BCUT2D eigenvalue weighted by molar-refractivity contribution is 5.73. The summed E-state index contributed by atoms with van der Waals surface area (Å²) in [5.41, 5.74) is 3.31. The number of nitrogens with zero attached hydrogens (tertiary/aromatic N) is 3. The van der Waals surface area contributed by atoms with Gasteiger partial charge in [-0.05, 0) is 42.5 Å². The number of rotatable bonds is 5. The molecule has 1 N–H and O–H groups in total. The van der Waals surface area contributed by atoms with Crippen molar-refractivity contribution in [3.05, 3.63) is 78.4 Å². The molecule has 6 heteroatoms. The Labute approximate surface area is 164 Å². The van der Waals surface area contributed by atoms with Crippen molar-refractivity contribution in [2.24, 2.45) is 0 Å². The van der Waals surface area contributed by atoms with E-state index in [-0.39, 0.29) is 24.2 Å². The van der Waals surface area contributed by atoms with Crippen molar-refractivity contribution in [2.45, 2.75) is 44.4 Å². The Morgan fingerprint density at radius 3 is 2.61 bits per heavy atom. The summed E-state index contributed by atoms with van der Waals surface area (Å²) < 4.78 is 8.16. The maximum atomic E-state index is 11.6. The monoisotopic (exact) mass is 376 g/mol. The molecular weight excluding hydrogens is 352 g/mol. The molecule has 0 aliphatic carbocycles. The molecular formula is C22H24N4O2. The number of carbonyl (C=O) groups is 1. The average molecular weight is 376 g/mol. The first kappa shape index (κ1) is 18.4. The molecule has 3 atom stereocenters. The first-order valence-electron chi connectivity index (χ1n) is 9.59. The lowest BCUT2D eigenvalue weighted by Gasteiger charge is -2.36. The Bertz CT molecular complexity index is 894. The van der Waals surface area contributed by atoms with Crippen molar-refractivity contribution < 1.29 is 9.53 Å². The molecule has 1 saturated heterocycles. The molecule has 1 aromatic heterocycles. The summed E-state index contributed by atoms with van der Waals surface area (Å²) in [7, 11) is 0. The second kappa shape index (κ2) is 8.35. The molecule has 0 spiro atoms. The van der Waals surface area contributed by atoms with E-state index in [9.17, 15) is 4.79 Å². The molecule has 0 bridgehead atoms. The van der Waals surface area contributed by atoms with Crippen molar-refractivity contribution in [3.63, 3.8) is 0 Å². The van der Waals surface area contributed by atoms with Crippen LogP contribution in [0.1, 0.15) is 37.0 Å². The minimum Gasteiger partial charge on any atom is -0.370 e. The fourth-order valence-corrected chi connectivity index (χ4v) is 3.83. The average Bonchev–Trinajstić information content (AvgIpc) is 3.23. The lowest BCUT2D eigenvalue weighted by molar-refractivity contribution is -0.122. The molecule has 3 aromatic rings. The van der Waals surface area contributed by atoms with Crippen molar-refractivity contribution in [1.82, 2.24) is 20.1 Å². The van der Waals surface area contributed by atoms with E-state index in [1.807, 2.05) is 30.3 Å². The van der Waals surface area contributed by atoms with E-state index in [1.165, 1.54) is 11.9 Å². The number of benzene rings is 2. The van der Waals surface area contributed by atoms with Crippen LogP contribution in [0.4, 0.5) is 0 Å². The quantitative estimate of drug-likeness (QED) is 0.742. The second-order valence-corrected chi connectivity index (χ2v) is 7.24. The third kappa shape index (κ3) is 4.46. The van der Waals surface area contributed by atoms with Gasteiger partial charge in [-0.3, -0.25) is 4.79 Å². The van der Waals surface area contributed by atoms with Crippen LogP contribution in [0.3, 0.4) is 0 Å². The van der Waals surface area contributed by atoms with Crippen LogP contribution >= 0.6 is 0 Å². The van der Waals surface area contributed by atoms with E-state index >= 15 is 0 Å². The fraction of sp³-hybridized carbons (Fsp3) is 0.318. The summed E-state index contributed by atoms with van der Waals surface area (Å²) in [5, 5.41) is 7.25. The Balaban J connectivity index is 1.51. The van der Waals surface area contributed by atoms with Crippen LogP contribution in [-0.2, 0) is 16.0 Å². The molecule has 144 valence electrons. The molecule has 1 fully saturated rings. The number of nitrogens with one attached hydrogen (secondary N) is 1. The number of hydrogen-bond donors (Lipinski definition) is 1. The van der Waals surface area contributed by atoms with Gasteiger partial charge in [0, 0.05) is 13.0 Å². The lowest BCUT2D eigenvalue weighted by Crippen LogP contribution is -2.42. The number of aromatic nitrogens is 3. The molecule has 0 saturated carbocycles. The number of hydrogen-bond acceptors (Lipinski definition) is 4. The van der Waals surface area contributed by atoms with Crippen LogP contribution in [0.25, 0.3) is 5.69 Å². The zero-order valence-corrected chi connectivity index (χ0v) is 15.9. The molecule has 1 aliphatic heterocycles. The van der Waals surface area contributed by atoms with E-state index in [4.69, 9.17) is 4.74 Å². The molecule has 1 aliphatic rings. The first-order valence-corrected chi connectivity index (χ1v) is 9.59. The van der Waals surface area contributed by atoms with Crippen LogP contribution in [0, 0.1) is 0 Å². The maximum absolute atomic E-state index is 11.6. The van der Waals surface area contributed by atoms with Gasteiger partial charge >= 0.3 is 0 Å². The Morgan fingerprint density at radius 2 is 1.93 bits per heavy atom. The van der Waals surface area contributed by atoms with Gasteiger partial charge in [0.15, 0.2) is 0 Å². The van der Waals surface area contributed by atoms with Crippen molar-refractivity contribution in [2.75, 3.05) is 0 Å². The van der Waals surface area contributed by atoms with Gasteiger partial charge in [-0.25, -0.2) is 9.67 Å². The largest absolute Gasteiger partial charge is 0.370 e. The maximum Gasteiger partial charge on any atom is 0.217 e. The number of amides is 1. The van der Waals surface area contributed by atoms with Crippen LogP contribution in [0.15, 0.2) is 67.3 Å². The van der Waals surface area contributed by atoms with Gasteiger partial charge in [-0.15, -0.1) is 0 Å². The third-order valence-electron chi connectivity index (χ3n) is 5.06. The van der Waals surface area contributed by atoms with Crippen molar-refractivity contribution in [3.8, 4) is 5.69 Å². The van der Waals surface area contributed by atoms with Crippen LogP contribution in [0.2, 0.25) is 0 Å². The minimum absolute atomic E-state index is 0.00522. The van der Waals surface area contributed by atoms with Gasteiger partial charge in [-0.1, -0.05) is 42.5 Å². The van der Waals surface area contributed by atoms with Gasteiger partial charge in [0.05, 0.1) is 17.9 Å². The fourth-order valence-electron chi connectivity index (χ4n) is 3.83. The van der Waals surface area contributed by atoms with Crippen molar-refractivity contribution in [1.29, 1.82) is 0 Å². The van der Waals surface area contributed by atoms with Crippen LogP contribution in [0.5, 0.6) is 0 Å². The van der Waals surface area contributed by atoms with Gasteiger partial charge in [0.25, 0.3) is 0 Å². The second-order valence-electron chi connectivity index (χ2n) is 7.24. The normalized spacial score (nSPS) is 22.0.